The van der Waals surface area contributed by atoms with E-state index >= 15 is 0 Å². The molecule has 0 N–H and O–H groups in total. The topological polar surface area (TPSA) is 30.0 Å². The monoisotopic (exact) mass is 227 g/mol. The van der Waals surface area contributed by atoms with Crippen molar-refractivity contribution in [3.63, 3.8) is 0 Å². The number of aromatic nitrogens is 1. The van der Waals surface area contributed by atoms with Crippen LogP contribution in [0, 0.1) is 5.92 Å². The summed E-state index contributed by atoms with van der Waals surface area (Å²) >= 11 is 0. The molecule has 0 saturated heterocycles. The minimum atomic E-state index is 0.105. The summed E-state index contributed by atoms with van der Waals surface area (Å²) in [6.07, 6.45) is 0.908. The van der Waals surface area contributed by atoms with Crippen molar-refractivity contribution in [1.29, 1.82) is 0 Å². The van der Waals surface area contributed by atoms with Crippen LogP contribution >= 0.6 is 0 Å². The number of benzene rings is 1. The first-order valence-electron chi connectivity index (χ1n) is 5.97. The van der Waals surface area contributed by atoms with Crippen molar-refractivity contribution in [3.8, 4) is 0 Å². The molecule has 1 heterocycles. The second kappa shape index (κ2) is 4.66. The van der Waals surface area contributed by atoms with Gasteiger partial charge in [0.1, 0.15) is 0 Å². The van der Waals surface area contributed by atoms with Crippen molar-refractivity contribution in [1.82, 2.24) is 4.98 Å². The molecule has 0 aliphatic rings. The fourth-order valence-electron chi connectivity index (χ4n) is 2.04. The largest absolute Gasteiger partial charge is 0.294 e. The Labute approximate surface area is 102 Å². The first kappa shape index (κ1) is 11.8. The Balaban J connectivity index is 2.63. The number of pyridine rings is 1. The third-order valence-electron chi connectivity index (χ3n) is 2.77. The molecule has 2 rings (SSSR count). The molecule has 0 bridgehead atoms. The minimum Gasteiger partial charge on any atom is -0.294 e. The number of hydrogen-bond acceptors (Lipinski definition) is 2. The van der Waals surface area contributed by atoms with E-state index < -0.39 is 0 Å². The molecule has 0 radical (unpaired) electrons. The summed E-state index contributed by atoms with van der Waals surface area (Å²) in [5.74, 6) is 0.650. The molecule has 0 fully saturated rings. The molecule has 17 heavy (non-hydrogen) atoms. The van der Waals surface area contributed by atoms with Crippen LogP contribution < -0.4 is 0 Å². The van der Waals surface area contributed by atoms with E-state index in [0.29, 0.717) is 5.92 Å². The Morgan fingerprint density at radius 2 is 2.00 bits per heavy atom. The summed E-state index contributed by atoms with van der Waals surface area (Å²) in [7, 11) is 0. The molecule has 88 valence electrons. The van der Waals surface area contributed by atoms with Crippen LogP contribution in [0.5, 0.6) is 0 Å². The second-order valence-electron chi connectivity index (χ2n) is 4.83. The van der Waals surface area contributed by atoms with E-state index in [1.54, 1.807) is 6.92 Å². The number of fused-ring (bicyclic) bond motifs is 1. The average molecular weight is 227 g/mol. The average Bonchev–Trinajstić information content (AvgIpc) is 2.27. The Hall–Kier alpha value is -1.70. The van der Waals surface area contributed by atoms with Crippen LogP contribution in [-0.2, 0) is 6.42 Å². The highest BCUT2D eigenvalue weighted by molar-refractivity contribution is 6.06. The van der Waals surface area contributed by atoms with E-state index in [2.05, 4.69) is 18.8 Å². The van der Waals surface area contributed by atoms with Crippen molar-refractivity contribution in [2.24, 2.45) is 5.92 Å². The lowest BCUT2D eigenvalue weighted by atomic mass is 10.0. The third-order valence-corrected chi connectivity index (χ3v) is 2.77. The molecule has 0 saturated carbocycles. The SMILES string of the molecule is CC(=O)c1cc(CC(C)C)nc2ccccc12. The number of Topliss-reactive ketones (excluding diaryl/α,β-unsaturated/α-hetero) is 1. The van der Waals surface area contributed by atoms with Crippen molar-refractivity contribution in [2.45, 2.75) is 27.2 Å². The van der Waals surface area contributed by atoms with Gasteiger partial charge in [-0.05, 0) is 31.4 Å². The highest BCUT2D eigenvalue weighted by Crippen LogP contribution is 2.20. The molecule has 0 aliphatic heterocycles. The van der Waals surface area contributed by atoms with Crippen molar-refractivity contribution >= 4 is 16.7 Å². The van der Waals surface area contributed by atoms with Crippen LogP contribution in [0.25, 0.3) is 10.9 Å². The van der Waals surface area contributed by atoms with Gasteiger partial charge in [-0.15, -0.1) is 0 Å². The molecule has 0 unspecified atom stereocenters. The van der Waals surface area contributed by atoms with Gasteiger partial charge in [0, 0.05) is 16.6 Å². The molecule has 0 aliphatic carbocycles. The highest BCUT2D eigenvalue weighted by atomic mass is 16.1. The van der Waals surface area contributed by atoms with Crippen LogP contribution in [0.4, 0.5) is 0 Å². The normalized spacial score (nSPS) is 11.1. The van der Waals surface area contributed by atoms with Gasteiger partial charge < -0.3 is 0 Å². The van der Waals surface area contributed by atoms with E-state index in [1.165, 1.54) is 0 Å². The van der Waals surface area contributed by atoms with Crippen LogP contribution in [0.1, 0.15) is 36.8 Å². The highest BCUT2D eigenvalue weighted by Gasteiger charge is 2.09. The zero-order valence-electron chi connectivity index (χ0n) is 10.5. The summed E-state index contributed by atoms with van der Waals surface area (Å²) in [6.45, 7) is 5.93. The first-order chi connectivity index (χ1) is 8.08. The van der Waals surface area contributed by atoms with Crippen LogP contribution in [0.2, 0.25) is 0 Å². The van der Waals surface area contributed by atoms with Gasteiger partial charge in [0.05, 0.1) is 5.52 Å². The number of hydrogen-bond donors (Lipinski definition) is 0. The lowest BCUT2D eigenvalue weighted by Gasteiger charge is -2.09. The summed E-state index contributed by atoms with van der Waals surface area (Å²) in [5.41, 5.74) is 2.70. The summed E-state index contributed by atoms with van der Waals surface area (Å²) in [6, 6.07) is 9.76. The number of rotatable bonds is 3. The summed E-state index contributed by atoms with van der Waals surface area (Å²) < 4.78 is 0. The van der Waals surface area contributed by atoms with Gasteiger partial charge in [0.25, 0.3) is 0 Å². The number of carbonyl (C=O) groups is 1. The smallest absolute Gasteiger partial charge is 0.160 e. The lowest BCUT2D eigenvalue weighted by molar-refractivity contribution is 0.101. The van der Waals surface area contributed by atoms with E-state index in [9.17, 15) is 4.79 Å². The van der Waals surface area contributed by atoms with Gasteiger partial charge in [-0.2, -0.15) is 0 Å². The van der Waals surface area contributed by atoms with Crippen molar-refractivity contribution < 1.29 is 4.79 Å². The lowest BCUT2D eigenvalue weighted by Crippen LogP contribution is -2.02. The van der Waals surface area contributed by atoms with Crippen LogP contribution in [0.3, 0.4) is 0 Å². The van der Waals surface area contributed by atoms with Gasteiger partial charge >= 0.3 is 0 Å². The quantitative estimate of drug-likeness (QED) is 0.749. The van der Waals surface area contributed by atoms with E-state index in [1.807, 2.05) is 30.3 Å². The van der Waals surface area contributed by atoms with Crippen LogP contribution in [0.15, 0.2) is 30.3 Å². The number of carbonyl (C=O) groups excluding carboxylic acids is 1. The number of nitrogens with zero attached hydrogens (tertiary/aromatic N) is 1. The number of para-hydroxylation sites is 1. The zero-order valence-corrected chi connectivity index (χ0v) is 10.5. The van der Waals surface area contributed by atoms with E-state index in [0.717, 1.165) is 28.6 Å². The Bertz CT molecular complexity index is 558. The summed E-state index contributed by atoms with van der Waals surface area (Å²) in [4.78, 5) is 16.3. The molecular formula is C15H17NO. The molecule has 1 aromatic heterocycles. The van der Waals surface area contributed by atoms with Crippen molar-refractivity contribution in [3.05, 3.63) is 41.6 Å². The van der Waals surface area contributed by atoms with E-state index in [4.69, 9.17) is 0 Å². The van der Waals surface area contributed by atoms with Gasteiger partial charge in [0.15, 0.2) is 5.78 Å². The Morgan fingerprint density at radius 1 is 1.29 bits per heavy atom. The fourth-order valence-corrected chi connectivity index (χ4v) is 2.04. The molecular weight excluding hydrogens is 210 g/mol. The maximum absolute atomic E-state index is 11.7. The molecule has 0 atom stereocenters. The molecule has 0 spiro atoms. The molecule has 2 aromatic rings. The fraction of sp³-hybridized carbons (Fsp3) is 0.333. The summed E-state index contributed by atoms with van der Waals surface area (Å²) in [5, 5.41) is 0.951. The molecule has 2 heteroatoms. The van der Waals surface area contributed by atoms with Gasteiger partial charge in [-0.3, -0.25) is 9.78 Å². The third kappa shape index (κ3) is 2.52. The molecule has 0 amide bonds. The van der Waals surface area contributed by atoms with Gasteiger partial charge in [-0.1, -0.05) is 32.0 Å². The Morgan fingerprint density at radius 3 is 2.65 bits per heavy atom. The zero-order chi connectivity index (χ0) is 12.4. The number of ketones is 1. The maximum atomic E-state index is 11.7. The Kier molecular flexibility index (Phi) is 3.23. The molecule has 1 aromatic carbocycles. The van der Waals surface area contributed by atoms with Crippen LogP contribution in [-0.4, -0.2) is 10.8 Å². The van der Waals surface area contributed by atoms with Crippen molar-refractivity contribution in [2.75, 3.05) is 0 Å². The predicted octanol–water partition coefficient (Wildman–Crippen LogP) is 3.64. The van der Waals surface area contributed by atoms with Gasteiger partial charge in [0.2, 0.25) is 0 Å². The predicted molar refractivity (Wildman–Crippen MR) is 70.3 cm³/mol. The first-order valence-corrected chi connectivity index (χ1v) is 5.97. The molecule has 2 nitrogen and oxygen atoms in total. The van der Waals surface area contributed by atoms with Gasteiger partial charge in [-0.25, -0.2) is 0 Å². The standard InChI is InChI=1S/C15H17NO/c1-10(2)8-12-9-14(11(3)17)13-6-4-5-7-15(13)16-12/h4-7,9-10H,8H2,1-3H3. The minimum absolute atomic E-state index is 0.105. The maximum Gasteiger partial charge on any atom is 0.160 e. The second-order valence-corrected chi connectivity index (χ2v) is 4.83. The van der Waals surface area contributed by atoms with E-state index in [-0.39, 0.29) is 5.78 Å².